The normalized spacial score (nSPS) is 15.8. The van der Waals surface area contributed by atoms with E-state index in [-0.39, 0.29) is 18.3 Å². The molecule has 4 heteroatoms. The van der Waals surface area contributed by atoms with Crippen LogP contribution in [-0.2, 0) is 11.2 Å². The van der Waals surface area contributed by atoms with Gasteiger partial charge in [0.15, 0.2) is 0 Å². The predicted octanol–water partition coefficient (Wildman–Crippen LogP) is 3.96. The molecule has 124 valence electrons. The van der Waals surface area contributed by atoms with E-state index in [9.17, 15) is 4.79 Å². The summed E-state index contributed by atoms with van der Waals surface area (Å²) in [7, 11) is 0. The maximum absolute atomic E-state index is 12.0. The van der Waals surface area contributed by atoms with E-state index in [0.29, 0.717) is 17.8 Å². The Balaban J connectivity index is 0.00000242. The number of hydrogen-bond acceptors (Lipinski definition) is 2. The number of rotatable bonds is 7. The molecule has 0 unspecified atom stereocenters. The zero-order valence-corrected chi connectivity index (χ0v) is 14.5. The molecule has 0 heterocycles. The van der Waals surface area contributed by atoms with Crippen LogP contribution in [0.4, 0.5) is 5.69 Å². The van der Waals surface area contributed by atoms with Crippen molar-refractivity contribution in [1.82, 2.24) is 5.32 Å². The summed E-state index contributed by atoms with van der Waals surface area (Å²) in [5, 5.41) is 3.14. The van der Waals surface area contributed by atoms with Crippen molar-refractivity contribution >= 4 is 24.0 Å². The van der Waals surface area contributed by atoms with Crippen LogP contribution < -0.4 is 11.1 Å². The van der Waals surface area contributed by atoms with Crippen molar-refractivity contribution in [2.24, 2.45) is 11.3 Å². The van der Waals surface area contributed by atoms with Crippen molar-refractivity contribution in [2.45, 2.75) is 52.4 Å². The van der Waals surface area contributed by atoms with E-state index in [1.165, 1.54) is 25.7 Å². The second-order valence-corrected chi connectivity index (χ2v) is 6.93. The lowest BCUT2D eigenvalue weighted by Gasteiger charge is -2.43. The molecule has 1 aliphatic rings. The molecule has 0 atom stereocenters. The Morgan fingerprint density at radius 3 is 2.55 bits per heavy atom. The molecule has 0 saturated heterocycles. The molecule has 0 bridgehead atoms. The van der Waals surface area contributed by atoms with Crippen molar-refractivity contribution in [3.63, 3.8) is 0 Å². The Morgan fingerprint density at radius 1 is 1.32 bits per heavy atom. The highest BCUT2D eigenvalue weighted by molar-refractivity contribution is 5.85. The number of nitrogens with two attached hydrogens (primary N) is 1. The van der Waals surface area contributed by atoms with Gasteiger partial charge in [-0.3, -0.25) is 4.79 Å². The Labute approximate surface area is 140 Å². The summed E-state index contributed by atoms with van der Waals surface area (Å²) in [6.45, 7) is 5.37. The minimum absolute atomic E-state index is 0. The highest BCUT2D eigenvalue weighted by Crippen LogP contribution is 2.45. The Hall–Kier alpha value is -1.22. The molecule has 0 aliphatic heterocycles. The van der Waals surface area contributed by atoms with Gasteiger partial charge in [0.2, 0.25) is 5.91 Å². The molecule has 2 rings (SSSR count). The molecule has 1 amide bonds. The Morgan fingerprint density at radius 2 is 2.00 bits per heavy atom. The van der Waals surface area contributed by atoms with Crippen LogP contribution in [0.3, 0.4) is 0 Å². The number of nitrogens with one attached hydrogen (secondary N) is 1. The molecule has 1 aromatic rings. The van der Waals surface area contributed by atoms with Crippen LogP contribution in [0.15, 0.2) is 24.3 Å². The summed E-state index contributed by atoms with van der Waals surface area (Å²) >= 11 is 0. The van der Waals surface area contributed by atoms with Crippen molar-refractivity contribution in [1.29, 1.82) is 0 Å². The van der Waals surface area contributed by atoms with Gasteiger partial charge < -0.3 is 11.1 Å². The first-order chi connectivity index (χ1) is 10.0. The number of amides is 1. The SMILES string of the molecule is CC(C)CC1(CNC(=O)CCc2ccccc2N)CCC1.Cl. The summed E-state index contributed by atoms with van der Waals surface area (Å²) in [6.07, 6.45) is 6.29. The predicted molar refractivity (Wildman–Crippen MR) is 95.2 cm³/mol. The first-order valence-corrected chi connectivity index (χ1v) is 8.11. The lowest BCUT2D eigenvalue weighted by molar-refractivity contribution is -0.122. The molecule has 1 aromatic carbocycles. The van der Waals surface area contributed by atoms with Gasteiger partial charge in [0.05, 0.1) is 0 Å². The number of benzene rings is 1. The van der Waals surface area contributed by atoms with Crippen LogP contribution in [0.2, 0.25) is 0 Å². The number of carbonyl (C=O) groups is 1. The van der Waals surface area contributed by atoms with Gasteiger partial charge in [0, 0.05) is 18.7 Å². The topological polar surface area (TPSA) is 55.1 Å². The van der Waals surface area contributed by atoms with Gasteiger partial charge in [-0.25, -0.2) is 0 Å². The molecule has 1 aliphatic carbocycles. The summed E-state index contributed by atoms with van der Waals surface area (Å²) in [5.41, 5.74) is 8.12. The van der Waals surface area contributed by atoms with Gasteiger partial charge in [0.25, 0.3) is 0 Å². The van der Waals surface area contributed by atoms with Crippen LogP contribution in [0.1, 0.15) is 51.5 Å². The largest absolute Gasteiger partial charge is 0.399 e. The smallest absolute Gasteiger partial charge is 0.220 e. The Bertz CT molecular complexity index is 484. The highest BCUT2D eigenvalue weighted by Gasteiger charge is 2.37. The lowest BCUT2D eigenvalue weighted by atomic mass is 9.64. The number of anilines is 1. The molecular formula is C18H29ClN2O. The second-order valence-electron chi connectivity index (χ2n) is 6.93. The van der Waals surface area contributed by atoms with Crippen LogP contribution in [0.25, 0.3) is 0 Å². The first-order valence-electron chi connectivity index (χ1n) is 8.11. The van der Waals surface area contributed by atoms with Crippen LogP contribution in [-0.4, -0.2) is 12.5 Å². The number of hydrogen-bond donors (Lipinski definition) is 2. The van der Waals surface area contributed by atoms with Gasteiger partial charge >= 0.3 is 0 Å². The Kier molecular flexibility index (Phi) is 7.21. The second kappa shape index (κ2) is 8.42. The maximum atomic E-state index is 12.0. The minimum atomic E-state index is 0. The molecule has 1 fully saturated rings. The fourth-order valence-electron chi connectivity index (χ4n) is 3.38. The average molecular weight is 325 g/mol. The van der Waals surface area contributed by atoms with Crippen LogP contribution in [0, 0.1) is 11.3 Å². The monoisotopic (exact) mass is 324 g/mol. The van der Waals surface area contributed by atoms with Crippen molar-refractivity contribution in [2.75, 3.05) is 12.3 Å². The quantitative estimate of drug-likeness (QED) is 0.746. The van der Waals surface area contributed by atoms with E-state index in [4.69, 9.17) is 5.73 Å². The number of carbonyl (C=O) groups excluding carboxylic acids is 1. The average Bonchev–Trinajstić information content (AvgIpc) is 2.40. The number of nitrogen functional groups attached to an aromatic ring is 1. The number of para-hydroxylation sites is 1. The zero-order valence-electron chi connectivity index (χ0n) is 13.7. The fourth-order valence-corrected chi connectivity index (χ4v) is 3.38. The third-order valence-corrected chi connectivity index (χ3v) is 4.59. The first kappa shape index (κ1) is 18.8. The molecule has 0 spiro atoms. The standard InChI is InChI=1S/C18H28N2O.ClH/c1-14(2)12-18(10-5-11-18)13-20-17(21)9-8-15-6-3-4-7-16(15)19;/h3-4,6-7,14H,5,8-13,19H2,1-2H3,(H,20,21);1H. The number of aryl methyl sites for hydroxylation is 1. The maximum Gasteiger partial charge on any atom is 0.220 e. The molecule has 3 N–H and O–H groups in total. The van der Waals surface area contributed by atoms with E-state index in [1.807, 2.05) is 24.3 Å². The van der Waals surface area contributed by atoms with Crippen molar-refractivity contribution in [3.8, 4) is 0 Å². The highest BCUT2D eigenvalue weighted by atomic mass is 35.5. The minimum Gasteiger partial charge on any atom is -0.399 e. The van der Waals surface area contributed by atoms with E-state index in [2.05, 4.69) is 19.2 Å². The molecule has 0 aromatic heterocycles. The lowest BCUT2D eigenvalue weighted by Crippen LogP contribution is -2.43. The molecule has 22 heavy (non-hydrogen) atoms. The zero-order chi connectivity index (χ0) is 15.3. The third-order valence-electron chi connectivity index (χ3n) is 4.59. The van der Waals surface area contributed by atoms with Crippen molar-refractivity contribution in [3.05, 3.63) is 29.8 Å². The van der Waals surface area contributed by atoms with Gasteiger partial charge in [-0.05, 0) is 48.6 Å². The summed E-state index contributed by atoms with van der Waals surface area (Å²) < 4.78 is 0. The summed E-state index contributed by atoms with van der Waals surface area (Å²) in [5.74, 6) is 0.847. The van der Waals surface area contributed by atoms with Gasteiger partial charge in [0.1, 0.15) is 0 Å². The molecule has 0 radical (unpaired) electrons. The van der Waals surface area contributed by atoms with Gasteiger partial charge in [-0.15, -0.1) is 12.4 Å². The number of halogens is 1. The van der Waals surface area contributed by atoms with E-state index >= 15 is 0 Å². The van der Waals surface area contributed by atoms with E-state index in [1.54, 1.807) is 0 Å². The summed E-state index contributed by atoms with van der Waals surface area (Å²) in [4.78, 5) is 12.0. The summed E-state index contributed by atoms with van der Waals surface area (Å²) in [6, 6.07) is 7.77. The van der Waals surface area contributed by atoms with Gasteiger partial charge in [-0.1, -0.05) is 38.5 Å². The van der Waals surface area contributed by atoms with E-state index < -0.39 is 0 Å². The van der Waals surface area contributed by atoms with Crippen LogP contribution in [0.5, 0.6) is 0 Å². The molecular weight excluding hydrogens is 296 g/mol. The third kappa shape index (κ3) is 5.20. The van der Waals surface area contributed by atoms with Crippen LogP contribution >= 0.6 is 12.4 Å². The molecule has 3 nitrogen and oxygen atoms in total. The van der Waals surface area contributed by atoms with E-state index in [0.717, 1.165) is 24.2 Å². The van der Waals surface area contributed by atoms with Gasteiger partial charge in [-0.2, -0.15) is 0 Å². The molecule has 1 saturated carbocycles. The van der Waals surface area contributed by atoms with Crippen molar-refractivity contribution < 1.29 is 4.79 Å². The fraction of sp³-hybridized carbons (Fsp3) is 0.611.